The molecule has 4 rings (SSSR count). The number of carbonyl (C=O) groups is 1. The number of halogens is 3. The molecule has 54 heavy (non-hydrogen) atoms. The van der Waals surface area contributed by atoms with Gasteiger partial charge in [-0.1, -0.05) is 43.7 Å². The van der Waals surface area contributed by atoms with Crippen LogP contribution < -0.4 is 19.1 Å². The first-order valence-corrected chi connectivity index (χ1v) is 23.1. The second-order valence-electron chi connectivity index (χ2n) is 16.3. The van der Waals surface area contributed by atoms with E-state index in [0.29, 0.717) is 41.4 Å². The molecule has 1 saturated carbocycles. The maximum atomic E-state index is 16.0. The standard InChI is InChI=1S/C37H53ClF2N4O7S2Si/c1-35(2,3)51-34(45)43(7)25(19-37(14-15-37)23-50-54(10,11)36(4,5)6)20-41-29-18-28(39)31(17-27(29)38)53(46,47)44(33-42-21-32(40)52-33)22-24-12-13-26(48-8)16-30(24)49-9/h12-13,16-18,21,25,41H,14-15,19-20,22-23H2,1-11H3/q-1/t25-/m0/s1. The second-order valence-corrected chi connectivity index (χ2v) is 24.3. The molecule has 0 bridgehead atoms. The number of nitrogens with one attached hydrogen (secondary N) is 1. The average molecular weight is 832 g/mol. The molecule has 1 N–H and O–H groups in total. The van der Waals surface area contributed by atoms with Crippen LogP contribution in [0.15, 0.2) is 41.4 Å². The molecule has 1 aliphatic rings. The Hall–Kier alpha value is -3.18. The first-order valence-electron chi connectivity index (χ1n) is 17.6. The lowest BCUT2D eigenvalue weighted by molar-refractivity contribution is 0.0196. The van der Waals surface area contributed by atoms with E-state index in [1.807, 2.05) is 0 Å². The molecule has 0 radical (unpaired) electrons. The van der Waals surface area contributed by atoms with Crippen molar-refractivity contribution in [3.8, 4) is 11.5 Å². The first kappa shape index (κ1) is 43.5. The van der Waals surface area contributed by atoms with E-state index in [4.69, 9.17) is 30.2 Å². The zero-order valence-electron chi connectivity index (χ0n) is 32.9. The number of hydrogen-bond acceptors (Lipinski definition) is 10. The lowest BCUT2D eigenvalue weighted by Crippen LogP contribution is -2.46. The third kappa shape index (κ3) is 10.6. The molecule has 1 aromatic heterocycles. The van der Waals surface area contributed by atoms with E-state index >= 15 is 4.39 Å². The van der Waals surface area contributed by atoms with Crippen molar-refractivity contribution in [3.05, 3.63) is 58.1 Å². The Bertz CT molecular complexity index is 1910. The molecule has 1 heterocycles. The van der Waals surface area contributed by atoms with Crippen LogP contribution in [-0.4, -0.2) is 78.8 Å². The van der Waals surface area contributed by atoms with Gasteiger partial charge in [0.15, 0.2) is 5.13 Å². The zero-order valence-corrected chi connectivity index (χ0v) is 36.3. The van der Waals surface area contributed by atoms with Gasteiger partial charge >= 0.3 is 6.09 Å². The highest BCUT2D eigenvalue weighted by Crippen LogP contribution is 2.52. The van der Waals surface area contributed by atoms with Gasteiger partial charge in [-0.15, -0.1) is 18.1 Å². The van der Waals surface area contributed by atoms with E-state index in [2.05, 4.69) is 44.2 Å². The average Bonchev–Trinajstić information content (AvgIpc) is 3.72. The number of aromatic nitrogens is 1. The Morgan fingerprint density at radius 2 is 1.76 bits per heavy atom. The summed E-state index contributed by atoms with van der Waals surface area (Å²) < 4.78 is 82.4. The number of sulfonamides is 1. The minimum absolute atomic E-state index is 0.0356. The molecule has 301 valence electrons. The highest BCUT2D eigenvalue weighted by Gasteiger charge is 2.46. The maximum absolute atomic E-state index is 16.0. The van der Waals surface area contributed by atoms with Gasteiger partial charge in [-0.3, -0.25) is 0 Å². The summed E-state index contributed by atoms with van der Waals surface area (Å²) in [6.45, 7) is 16.7. The predicted molar refractivity (Wildman–Crippen MR) is 212 cm³/mol. The molecule has 3 aromatic rings. The molecule has 11 nitrogen and oxygen atoms in total. The molecule has 1 atom stereocenters. The van der Waals surface area contributed by atoms with Crippen LogP contribution >= 0.6 is 22.9 Å². The molecular formula is C37H53ClF2N4O7S2Si-. The topological polar surface area (TPSA) is 120 Å². The van der Waals surface area contributed by atoms with Crippen molar-refractivity contribution in [1.82, 2.24) is 9.88 Å². The number of anilines is 2. The fraction of sp³-hybridized carbons (Fsp3) is 0.568. The van der Waals surface area contributed by atoms with Crippen molar-refractivity contribution in [1.29, 1.82) is 0 Å². The van der Waals surface area contributed by atoms with Gasteiger partial charge in [-0.2, -0.15) is 4.39 Å². The quantitative estimate of drug-likeness (QED) is 0.141. The second kappa shape index (κ2) is 16.5. The Kier molecular flexibility index (Phi) is 13.3. The van der Waals surface area contributed by atoms with Gasteiger partial charge in [-0.05, 0) is 78.0 Å². The Labute approximate surface area is 328 Å². The van der Waals surface area contributed by atoms with Crippen LogP contribution in [-0.2, 0) is 25.7 Å². The van der Waals surface area contributed by atoms with Gasteiger partial charge in [0.2, 0.25) is 5.13 Å². The van der Waals surface area contributed by atoms with Crippen LogP contribution in [0.4, 0.5) is 24.4 Å². The molecule has 0 spiro atoms. The lowest BCUT2D eigenvalue weighted by Gasteiger charge is -2.49. The van der Waals surface area contributed by atoms with Crippen molar-refractivity contribution >= 4 is 58.2 Å². The third-order valence-electron chi connectivity index (χ3n) is 10.0. The van der Waals surface area contributed by atoms with Crippen molar-refractivity contribution in [3.63, 3.8) is 0 Å². The van der Waals surface area contributed by atoms with Gasteiger partial charge in [0.1, 0.15) is 27.8 Å². The Morgan fingerprint density at radius 3 is 2.30 bits per heavy atom. The number of amides is 1. The molecule has 0 unspecified atom stereocenters. The van der Waals surface area contributed by atoms with Crippen molar-refractivity contribution in [2.75, 3.05) is 44.0 Å². The van der Waals surface area contributed by atoms with Crippen molar-refractivity contribution in [2.24, 2.45) is 5.41 Å². The molecule has 1 fully saturated rings. The monoisotopic (exact) mass is 830 g/mol. The van der Waals surface area contributed by atoms with Crippen LogP contribution in [0.25, 0.3) is 0 Å². The number of benzene rings is 2. The number of thiazole rings is 1. The number of hydrogen-bond donors (Lipinski definition) is 1. The third-order valence-corrected chi connectivity index (χ3v) is 17.5. The molecule has 2 aromatic carbocycles. The highest BCUT2D eigenvalue weighted by atomic mass is 35.5. The summed E-state index contributed by atoms with van der Waals surface area (Å²) in [6.07, 6.45) is 2.83. The summed E-state index contributed by atoms with van der Waals surface area (Å²) in [5, 5.41) is 2.17. The minimum Gasteiger partial charge on any atom is -0.564 e. The fourth-order valence-electron chi connectivity index (χ4n) is 5.43. The largest absolute Gasteiger partial charge is 0.564 e. The van der Waals surface area contributed by atoms with Crippen LogP contribution in [0.1, 0.15) is 66.4 Å². The summed E-state index contributed by atoms with van der Waals surface area (Å²) in [5.41, 5.74) is -0.347. The van der Waals surface area contributed by atoms with Gasteiger partial charge in [0.25, 0.3) is 10.0 Å². The number of likely N-dealkylation sites (N-methyl/N-ethyl adjacent to an activating group) is 1. The molecule has 1 aliphatic carbocycles. The predicted octanol–water partition coefficient (Wildman–Crippen LogP) is 9.33. The number of carbonyl (C=O) groups excluding carboxylic acids is 1. The van der Waals surface area contributed by atoms with E-state index in [0.717, 1.165) is 35.5 Å². The van der Waals surface area contributed by atoms with Gasteiger partial charge < -0.3 is 28.9 Å². The zero-order chi connectivity index (χ0) is 40.4. The summed E-state index contributed by atoms with van der Waals surface area (Å²) in [7, 11) is -2.19. The number of rotatable bonds is 16. The smallest absolute Gasteiger partial charge is 0.410 e. The van der Waals surface area contributed by atoms with E-state index in [-0.39, 0.29) is 39.4 Å². The van der Waals surface area contributed by atoms with Crippen molar-refractivity contribution in [2.45, 2.75) is 102 Å². The number of ether oxygens (including phenoxy) is 3. The molecule has 17 heteroatoms. The normalized spacial score (nSPS) is 15.0. The maximum Gasteiger partial charge on any atom is 0.410 e. The summed E-state index contributed by atoms with van der Waals surface area (Å²) in [6, 6.07) is 6.38. The van der Waals surface area contributed by atoms with E-state index in [9.17, 15) is 17.6 Å². The van der Waals surface area contributed by atoms with E-state index in [1.165, 1.54) is 19.1 Å². The van der Waals surface area contributed by atoms with Crippen LogP contribution in [0, 0.1) is 16.4 Å². The molecular weight excluding hydrogens is 778 g/mol. The summed E-state index contributed by atoms with van der Waals surface area (Å²) >= 11 is 7.16. The summed E-state index contributed by atoms with van der Waals surface area (Å²) in [5.74, 6) is -0.323. The van der Waals surface area contributed by atoms with Gasteiger partial charge in [-0.25, -0.2) is 26.9 Å². The highest BCUT2D eigenvalue weighted by molar-refractivity contribution is 7.93. The SMILES string of the molecule is COc1ccc(CN(c2ncc(F)s2)S(=O)(=O)c2cc(Cl)c(NC[C@H](CC3(CO[Si-](C)(C)C(C)(C)C)CC3)N(C)C(=O)OC(C)(C)C)cc2F)c(OC)c1. The van der Waals surface area contributed by atoms with Gasteiger partial charge in [0.05, 0.1) is 43.7 Å². The molecule has 1 amide bonds. The van der Waals surface area contributed by atoms with E-state index in [1.54, 1.807) is 46.0 Å². The minimum atomic E-state index is -4.71. The van der Waals surface area contributed by atoms with E-state index < -0.39 is 51.9 Å². The lowest BCUT2D eigenvalue weighted by atomic mass is 9.97. The summed E-state index contributed by atoms with van der Waals surface area (Å²) in [4.78, 5) is 18.0. The van der Waals surface area contributed by atoms with Crippen LogP contribution in [0.3, 0.4) is 0 Å². The Morgan fingerprint density at radius 1 is 1.09 bits per heavy atom. The van der Waals surface area contributed by atoms with Gasteiger partial charge in [0, 0.05) is 31.8 Å². The fourth-order valence-corrected chi connectivity index (χ4v) is 9.15. The Balaban J connectivity index is 1.62. The van der Waals surface area contributed by atoms with Crippen LogP contribution in [0.5, 0.6) is 11.5 Å². The number of methoxy groups -OCH3 is 2. The van der Waals surface area contributed by atoms with Crippen LogP contribution in [0.2, 0.25) is 23.2 Å². The van der Waals surface area contributed by atoms with Crippen molar-refractivity contribution < 1.29 is 40.6 Å². The number of nitrogens with zero attached hydrogens (tertiary/aromatic N) is 3. The molecule has 0 aliphatic heterocycles. The first-order chi connectivity index (χ1) is 24.9. The molecule has 0 saturated heterocycles.